The van der Waals surface area contributed by atoms with E-state index >= 15 is 0 Å². The van der Waals surface area contributed by atoms with Gasteiger partial charge in [0.25, 0.3) is 0 Å². The minimum atomic E-state index is -5.16. The van der Waals surface area contributed by atoms with Crippen LogP contribution in [-0.2, 0) is 32.7 Å². The summed E-state index contributed by atoms with van der Waals surface area (Å²) in [5.74, 6) is -1.28. The van der Waals surface area contributed by atoms with Gasteiger partial charge in [-0.15, -0.1) is 0 Å². The average Bonchev–Trinajstić information content (AvgIpc) is 3.29. The van der Waals surface area contributed by atoms with Gasteiger partial charge in [0.2, 0.25) is 0 Å². The van der Waals surface area contributed by atoms with E-state index in [1.807, 2.05) is 30.4 Å². The van der Waals surface area contributed by atoms with E-state index in [2.05, 4.69) is 105 Å². The number of hydrogen-bond donors (Lipinski definition) is 6. The number of phosphoric acid groups is 1. The van der Waals surface area contributed by atoms with Crippen molar-refractivity contribution in [3.63, 3.8) is 0 Å². The molecule has 1 aliphatic carbocycles. The van der Waals surface area contributed by atoms with Crippen molar-refractivity contribution in [2.24, 2.45) is 0 Å². The fourth-order valence-electron chi connectivity index (χ4n) is 6.07. The monoisotopic (exact) mass is 931 g/mol. The average molecular weight is 931 g/mol. The Morgan fingerprint density at radius 3 is 1.34 bits per heavy atom. The zero-order valence-electron chi connectivity index (χ0n) is 38.7. The van der Waals surface area contributed by atoms with Crippen molar-refractivity contribution in [3.8, 4) is 0 Å². The molecule has 1 aliphatic rings. The minimum absolute atomic E-state index is 0.0481. The van der Waals surface area contributed by atoms with E-state index in [9.17, 15) is 44.6 Å². The number of carbonyl (C=O) groups excluding carboxylic acids is 2. The summed E-state index contributed by atoms with van der Waals surface area (Å²) < 4.78 is 33.4. The maximum absolute atomic E-state index is 12.8. The summed E-state index contributed by atoms with van der Waals surface area (Å²) in [6.45, 7) is 3.03. The van der Waals surface area contributed by atoms with Gasteiger partial charge in [0.1, 0.15) is 43.2 Å². The normalized spacial score (nSPS) is 22.5. The molecule has 0 amide bonds. The van der Waals surface area contributed by atoms with Crippen LogP contribution in [0.25, 0.3) is 0 Å². The molecule has 0 radical (unpaired) electrons. The second-order valence-electron chi connectivity index (χ2n) is 15.5. The molecule has 0 saturated heterocycles. The van der Waals surface area contributed by atoms with Crippen molar-refractivity contribution < 1.29 is 63.1 Å². The van der Waals surface area contributed by atoms with E-state index in [0.29, 0.717) is 25.7 Å². The summed E-state index contributed by atoms with van der Waals surface area (Å²) in [6, 6.07) is 0. The van der Waals surface area contributed by atoms with Crippen LogP contribution in [0.15, 0.2) is 122 Å². The highest BCUT2D eigenvalue weighted by Gasteiger charge is 2.51. The van der Waals surface area contributed by atoms with Crippen LogP contribution < -0.4 is 0 Å². The van der Waals surface area contributed by atoms with E-state index in [-0.39, 0.29) is 12.8 Å². The number of esters is 2. The van der Waals surface area contributed by atoms with Gasteiger partial charge in [-0.3, -0.25) is 18.6 Å². The van der Waals surface area contributed by atoms with E-state index in [1.54, 1.807) is 0 Å². The summed E-state index contributed by atoms with van der Waals surface area (Å²) in [5.41, 5.74) is 0. The molecule has 14 heteroatoms. The molecule has 0 heterocycles. The molecule has 1 fully saturated rings. The number of unbranched alkanes of at least 4 members (excludes halogenated alkanes) is 4. The molecule has 0 bridgehead atoms. The highest BCUT2D eigenvalue weighted by molar-refractivity contribution is 7.47. The van der Waals surface area contributed by atoms with Crippen molar-refractivity contribution in [2.75, 3.05) is 13.2 Å². The second kappa shape index (κ2) is 39.4. The molecule has 6 unspecified atom stereocenters. The molecule has 0 aromatic heterocycles. The van der Waals surface area contributed by atoms with Crippen LogP contribution in [0.4, 0.5) is 0 Å². The number of aliphatic hydroxyl groups excluding tert-OH is 5. The SMILES string of the molecule is CC/C=C\C/C=C\C/C=C\C/C=C\C/C=C\C/C=C\CCC(=O)O[C@H](COC(=O)CCC/C=C\C/C=C\C/C=C\C/C=C\CCCCC)COP(=O)(O)OC1C(O)C(O)C(O)[C@@H](O)C1O. The van der Waals surface area contributed by atoms with Crippen molar-refractivity contribution in [1.82, 2.24) is 0 Å². The lowest BCUT2D eigenvalue weighted by Crippen LogP contribution is -2.64. The Bertz CT molecular complexity index is 1590. The third kappa shape index (κ3) is 31.7. The molecule has 1 rings (SSSR count). The zero-order chi connectivity index (χ0) is 47.8. The molecule has 0 aliphatic heterocycles. The quantitative estimate of drug-likeness (QED) is 0.0150. The van der Waals surface area contributed by atoms with Gasteiger partial charge < -0.3 is 39.9 Å². The van der Waals surface area contributed by atoms with Crippen LogP contribution >= 0.6 is 7.82 Å². The standard InChI is InChI=1S/C51H79O13P/c1-3-5-7-9-11-13-15-17-19-21-22-24-26-28-30-32-34-36-38-40-45(53)63-43(42-62-65(59,60)64-51-49(57)47(55)46(54)48(56)50(51)58)41-61-44(52)39-37-35-33-31-29-27-25-23-20-18-16-14-12-10-8-6-4-2/h5,7,11-14,17-20,22,24-25,27-28,30-31,33-34,36,43,46-51,54-58H,3-4,6,8-10,15-16,21,23,26,29,32,35,37-42H2,1-2H3,(H,59,60)/b7-5-,13-11-,14-12-,19-17-,20-18-,24-22-,27-25-,30-28-,33-31-,36-34-/t43-,46?,47-,48?,49?,50?,51?/m1/s1. The predicted molar refractivity (Wildman–Crippen MR) is 257 cm³/mol. The Hall–Kier alpha value is -3.75. The molecule has 6 N–H and O–H groups in total. The highest BCUT2D eigenvalue weighted by atomic mass is 31.2. The molecule has 366 valence electrons. The van der Waals surface area contributed by atoms with E-state index in [1.165, 1.54) is 19.3 Å². The van der Waals surface area contributed by atoms with Crippen molar-refractivity contribution in [2.45, 2.75) is 172 Å². The highest BCUT2D eigenvalue weighted by Crippen LogP contribution is 2.47. The summed E-state index contributed by atoms with van der Waals surface area (Å²) >= 11 is 0. The fraction of sp³-hybridized carbons (Fsp3) is 0.569. The van der Waals surface area contributed by atoms with Crippen molar-refractivity contribution in [1.29, 1.82) is 0 Å². The third-order valence-electron chi connectivity index (χ3n) is 9.80. The Morgan fingerprint density at radius 2 is 0.892 bits per heavy atom. The first kappa shape index (κ1) is 59.3. The van der Waals surface area contributed by atoms with E-state index in [0.717, 1.165) is 57.8 Å². The topological polar surface area (TPSA) is 210 Å². The second-order valence-corrected chi connectivity index (χ2v) is 16.9. The largest absolute Gasteiger partial charge is 0.472 e. The van der Waals surface area contributed by atoms with Gasteiger partial charge >= 0.3 is 19.8 Å². The van der Waals surface area contributed by atoms with E-state index < -0.39 is 75.7 Å². The third-order valence-corrected chi connectivity index (χ3v) is 10.8. The van der Waals surface area contributed by atoms with Gasteiger partial charge in [-0.25, -0.2) is 4.57 Å². The van der Waals surface area contributed by atoms with Gasteiger partial charge in [0.05, 0.1) is 6.61 Å². The lowest BCUT2D eigenvalue weighted by molar-refractivity contribution is -0.220. The van der Waals surface area contributed by atoms with Gasteiger partial charge in [-0.2, -0.15) is 0 Å². The Labute approximate surface area is 388 Å². The van der Waals surface area contributed by atoms with Crippen molar-refractivity contribution >= 4 is 19.8 Å². The van der Waals surface area contributed by atoms with Crippen LogP contribution in [0.5, 0.6) is 0 Å². The maximum atomic E-state index is 12.8. The molecular formula is C51H79O13P. The number of allylic oxidation sites excluding steroid dienone is 20. The fourth-order valence-corrected chi connectivity index (χ4v) is 7.04. The number of ether oxygens (including phenoxy) is 2. The lowest BCUT2D eigenvalue weighted by atomic mass is 9.85. The Morgan fingerprint density at radius 1 is 0.492 bits per heavy atom. The number of hydrogen-bond acceptors (Lipinski definition) is 12. The first-order valence-corrected chi connectivity index (χ1v) is 24.8. The maximum Gasteiger partial charge on any atom is 0.472 e. The Balaban J connectivity index is 2.57. The molecule has 0 aromatic carbocycles. The van der Waals surface area contributed by atoms with Crippen LogP contribution in [-0.4, -0.2) is 98.3 Å². The van der Waals surface area contributed by atoms with Gasteiger partial charge in [-0.05, 0) is 89.9 Å². The first-order valence-electron chi connectivity index (χ1n) is 23.3. The molecule has 13 nitrogen and oxygen atoms in total. The summed E-state index contributed by atoms with van der Waals surface area (Å²) in [5, 5.41) is 50.2. The molecule has 65 heavy (non-hydrogen) atoms. The molecule has 0 spiro atoms. The number of carbonyl (C=O) groups is 2. The van der Waals surface area contributed by atoms with Gasteiger partial charge in [0, 0.05) is 12.8 Å². The van der Waals surface area contributed by atoms with Crippen molar-refractivity contribution in [3.05, 3.63) is 122 Å². The van der Waals surface area contributed by atoms with E-state index in [4.69, 9.17) is 18.5 Å². The predicted octanol–water partition coefficient (Wildman–Crippen LogP) is 9.39. The van der Waals surface area contributed by atoms with Crippen LogP contribution in [0.3, 0.4) is 0 Å². The van der Waals surface area contributed by atoms with Crippen LogP contribution in [0.1, 0.15) is 129 Å². The zero-order valence-corrected chi connectivity index (χ0v) is 39.6. The summed E-state index contributed by atoms with van der Waals surface area (Å²) in [7, 11) is -5.16. The number of rotatable bonds is 36. The van der Waals surface area contributed by atoms with Crippen LogP contribution in [0.2, 0.25) is 0 Å². The summed E-state index contributed by atoms with van der Waals surface area (Å²) in [4.78, 5) is 35.7. The van der Waals surface area contributed by atoms with Gasteiger partial charge in [-0.1, -0.05) is 148 Å². The number of aliphatic hydroxyl groups is 5. The first-order chi connectivity index (χ1) is 31.4. The van der Waals surface area contributed by atoms with Gasteiger partial charge in [0.15, 0.2) is 6.10 Å². The Kier molecular flexibility index (Phi) is 35.9. The smallest absolute Gasteiger partial charge is 0.462 e. The summed E-state index contributed by atoms with van der Waals surface area (Å²) in [6.07, 6.45) is 42.7. The number of phosphoric ester groups is 1. The molecular weight excluding hydrogens is 852 g/mol. The molecule has 0 aromatic rings. The van der Waals surface area contributed by atoms with Crippen LogP contribution in [0, 0.1) is 0 Å². The molecule has 1 saturated carbocycles. The lowest BCUT2D eigenvalue weighted by Gasteiger charge is -2.41. The minimum Gasteiger partial charge on any atom is -0.462 e. The molecule has 8 atom stereocenters.